The maximum Gasteiger partial charge on any atom is 0.298 e. The van der Waals surface area contributed by atoms with E-state index in [0.717, 1.165) is 29.8 Å². The Morgan fingerprint density at radius 2 is 1.64 bits per heavy atom. The van der Waals surface area contributed by atoms with E-state index in [1.165, 1.54) is 33.5 Å². The molecule has 0 bridgehead atoms. The van der Waals surface area contributed by atoms with Crippen LogP contribution in [-0.2, 0) is 14.8 Å². The molecule has 3 aromatic carbocycles. The highest BCUT2D eigenvalue weighted by Gasteiger charge is 2.28. The number of nitrogens with one attached hydrogen (secondary N) is 1. The highest BCUT2D eigenvalue weighted by molar-refractivity contribution is 7.93. The summed E-state index contributed by atoms with van der Waals surface area (Å²) >= 11 is 0. The average Bonchev–Trinajstić information content (AvgIpc) is 3.24. The first-order valence-electron chi connectivity index (χ1n) is 13.1. The van der Waals surface area contributed by atoms with E-state index in [-0.39, 0.29) is 28.1 Å². The molecule has 0 saturated carbocycles. The summed E-state index contributed by atoms with van der Waals surface area (Å²) in [7, 11) is 0.0427. The minimum absolute atomic E-state index is 0.0363. The summed E-state index contributed by atoms with van der Waals surface area (Å²) < 4.78 is 51.2. The van der Waals surface area contributed by atoms with E-state index < -0.39 is 10.0 Å². The predicted octanol–water partition coefficient (Wildman–Crippen LogP) is 3.99. The molecule has 218 valence electrons. The molecule has 5 rings (SSSR count). The van der Waals surface area contributed by atoms with Crippen molar-refractivity contribution in [3.8, 4) is 40.7 Å². The second-order valence-corrected chi connectivity index (χ2v) is 11.1. The standard InChI is InChI=1S/C30H30N4O7S/c1-5-27(35)34-14-8-13-33(15-16-34)22-10-6-9-20(17-22)21-18-25(40-4)28-26(19-21)41-31-30(28)32-42(36,37)29-23(38-2)11-7-12-24(29)39-3/h1,6-7,9-12,17-19H,8,13-16H2,2-4H3,(H,31,32). The van der Waals surface area contributed by atoms with Gasteiger partial charge in [-0.15, -0.1) is 6.42 Å². The number of sulfonamides is 1. The van der Waals surface area contributed by atoms with Gasteiger partial charge in [0.15, 0.2) is 16.3 Å². The maximum atomic E-state index is 13.4. The molecule has 1 fully saturated rings. The van der Waals surface area contributed by atoms with Crippen LogP contribution in [0.4, 0.5) is 11.5 Å². The van der Waals surface area contributed by atoms with E-state index >= 15 is 0 Å². The van der Waals surface area contributed by atoms with E-state index in [9.17, 15) is 13.2 Å². The summed E-state index contributed by atoms with van der Waals surface area (Å²) in [6, 6.07) is 16.2. The van der Waals surface area contributed by atoms with Crippen molar-refractivity contribution < 1.29 is 31.9 Å². The van der Waals surface area contributed by atoms with Gasteiger partial charge in [0.05, 0.1) is 21.3 Å². The van der Waals surface area contributed by atoms with Crippen LogP contribution in [0.3, 0.4) is 0 Å². The van der Waals surface area contributed by atoms with Gasteiger partial charge in [-0.25, -0.2) is 8.42 Å². The van der Waals surface area contributed by atoms with Crippen molar-refractivity contribution >= 4 is 38.4 Å². The van der Waals surface area contributed by atoms with Crippen LogP contribution in [0.5, 0.6) is 17.2 Å². The lowest BCUT2D eigenvalue weighted by Gasteiger charge is -2.23. The summed E-state index contributed by atoms with van der Waals surface area (Å²) in [6.07, 6.45) is 6.11. The number of fused-ring (bicyclic) bond motifs is 1. The molecular weight excluding hydrogens is 560 g/mol. The van der Waals surface area contributed by atoms with Crippen LogP contribution in [0.25, 0.3) is 22.1 Å². The number of ether oxygens (including phenoxy) is 3. The van der Waals surface area contributed by atoms with E-state index in [4.69, 9.17) is 25.2 Å². The predicted molar refractivity (Wildman–Crippen MR) is 159 cm³/mol. The van der Waals surface area contributed by atoms with Crippen LogP contribution in [0.1, 0.15) is 6.42 Å². The Hall–Kier alpha value is -4.89. The number of aromatic nitrogens is 1. The SMILES string of the molecule is C#CC(=O)N1CCCN(c2cccc(-c3cc(OC)c4c(NS(=O)(=O)c5c(OC)cccc5OC)noc4c3)c2)CC1. The Morgan fingerprint density at radius 3 is 2.33 bits per heavy atom. The summed E-state index contributed by atoms with van der Waals surface area (Å²) in [4.78, 5) is 15.7. The van der Waals surface area contributed by atoms with Crippen LogP contribution in [0.15, 0.2) is 64.0 Å². The van der Waals surface area contributed by atoms with Gasteiger partial charge in [-0.1, -0.05) is 23.4 Å². The Morgan fingerprint density at radius 1 is 0.929 bits per heavy atom. The van der Waals surface area contributed by atoms with Gasteiger partial charge >= 0.3 is 0 Å². The lowest BCUT2D eigenvalue weighted by molar-refractivity contribution is -0.124. The van der Waals surface area contributed by atoms with Crippen molar-refractivity contribution in [2.45, 2.75) is 11.3 Å². The summed E-state index contributed by atoms with van der Waals surface area (Å²) in [6.45, 7) is 2.60. The van der Waals surface area contributed by atoms with Crippen LogP contribution in [0, 0.1) is 12.3 Å². The van der Waals surface area contributed by atoms with Gasteiger partial charge < -0.3 is 28.5 Å². The lowest BCUT2D eigenvalue weighted by Crippen LogP contribution is -2.34. The Kier molecular flexibility index (Phi) is 8.13. The van der Waals surface area contributed by atoms with E-state index in [0.29, 0.717) is 36.4 Å². The van der Waals surface area contributed by atoms with E-state index in [1.807, 2.05) is 24.3 Å². The van der Waals surface area contributed by atoms with Gasteiger partial charge in [0.2, 0.25) is 0 Å². The van der Waals surface area contributed by atoms with E-state index in [2.05, 4.69) is 20.7 Å². The molecule has 1 amide bonds. The largest absolute Gasteiger partial charge is 0.496 e. The normalized spacial score (nSPS) is 13.8. The fourth-order valence-corrected chi connectivity index (χ4v) is 6.37. The molecule has 1 aliphatic heterocycles. The van der Waals surface area contributed by atoms with E-state index in [1.54, 1.807) is 23.1 Å². The van der Waals surface area contributed by atoms with Crippen molar-refractivity contribution in [2.75, 3.05) is 57.1 Å². The number of rotatable bonds is 8. The highest BCUT2D eigenvalue weighted by atomic mass is 32.2. The van der Waals surface area contributed by atoms with Gasteiger partial charge in [-0.3, -0.25) is 9.52 Å². The molecular formula is C30H30N4O7S. The maximum absolute atomic E-state index is 13.4. The number of hydrogen-bond acceptors (Lipinski definition) is 9. The zero-order valence-electron chi connectivity index (χ0n) is 23.4. The number of methoxy groups -OCH3 is 3. The zero-order chi connectivity index (χ0) is 29.9. The first kappa shape index (κ1) is 28.6. The molecule has 0 aliphatic carbocycles. The first-order valence-corrected chi connectivity index (χ1v) is 14.6. The molecule has 42 heavy (non-hydrogen) atoms. The quantitative estimate of drug-likeness (QED) is 0.304. The highest BCUT2D eigenvalue weighted by Crippen LogP contribution is 2.40. The number of terminal acetylenes is 1. The van der Waals surface area contributed by atoms with Gasteiger partial charge in [0.1, 0.15) is 22.6 Å². The fraction of sp³-hybridized carbons (Fsp3) is 0.267. The van der Waals surface area contributed by atoms with Crippen molar-refractivity contribution in [1.29, 1.82) is 0 Å². The number of benzene rings is 3. The second-order valence-electron chi connectivity index (χ2n) is 9.51. The van der Waals surface area contributed by atoms with Crippen molar-refractivity contribution in [2.24, 2.45) is 0 Å². The van der Waals surface area contributed by atoms with Gasteiger partial charge in [-0.05, 0) is 59.9 Å². The number of anilines is 2. The summed E-state index contributed by atoms with van der Waals surface area (Å²) in [5.74, 6) is 2.47. The number of nitrogens with zero attached hydrogens (tertiary/aromatic N) is 3. The van der Waals surface area contributed by atoms with Crippen LogP contribution in [-0.4, -0.2) is 71.9 Å². The van der Waals surface area contributed by atoms with Crippen LogP contribution >= 0.6 is 0 Å². The Bertz CT molecular complexity index is 1760. The molecule has 4 aromatic rings. The van der Waals surface area contributed by atoms with Gasteiger partial charge in [0.25, 0.3) is 15.9 Å². The Labute approximate surface area is 244 Å². The lowest BCUT2D eigenvalue weighted by atomic mass is 10.0. The molecule has 1 aromatic heterocycles. The monoisotopic (exact) mass is 590 g/mol. The minimum Gasteiger partial charge on any atom is -0.496 e. The number of hydrogen-bond donors (Lipinski definition) is 1. The molecule has 0 unspecified atom stereocenters. The van der Waals surface area contributed by atoms with Gasteiger partial charge in [0, 0.05) is 31.9 Å². The first-order chi connectivity index (χ1) is 20.3. The van der Waals surface area contributed by atoms with Crippen molar-refractivity contribution in [3.63, 3.8) is 0 Å². The molecule has 12 heteroatoms. The van der Waals surface area contributed by atoms with Crippen molar-refractivity contribution in [3.05, 3.63) is 54.6 Å². The fourth-order valence-electron chi connectivity index (χ4n) is 5.05. The molecule has 11 nitrogen and oxygen atoms in total. The van der Waals surface area contributed by atoms with Crippen LogP contribution < -0.4 is 23.8 Å². The molecule has 0 spiro atoms. The number of carbonyl (C=O) groups excluding carboxylic acids is 1. The summed E-state index contributed by atoms with van der Waals surface area (Å²) in [5, 5.41) is 4.37. The molecule has 1 saturated heterocycles. The molecule has 1 aliphatic rings. The zero-order valence-corrected chi connectivity index (χ0v) is 24.2. The van der Waals surface area contributed by atoms with Crippen LogP contribution in [0.2, 0.25) is 0 Å². The average molecular weight is 591 g/mol. The molecule has 1 N–H and O–H groups in total. The third kappa shape index (κ3) is 5.51. The second kappa shape index (κ2) is 11.9. The Balaban J connectivity index is 1.46. The third-order valence-electron chi connectivity index (χ3n) is 7.09. The molecule has 0 radical (unpaired) electrons. The topological polar surface area (TPSA) is 123 Å². The third-order valence-corrected chi connectivity index (χ3v) is 8.49. The number of carbonyl (C=O) groups is 1. The smallest absolute Gasteiger partial charge is 0.298 e. The minimum atomic E-state index is -4.20. The molecule has 0 atom stereocenters. The number of amides is 1. The van der Waals surface area contributed by atoms with Crippen molar-refractivity contribution in [1.82, 2.24) is 10.1 Å². The van der Waals surface area contributed by atoms with Gasteiger partial charge in [-0.2, -0.15) is 0 Å². The molecule has 2 heterocycles. The summed E-state index contributed by atoms with van der Waals surface area (Å²) in [5.41, 5.74) is 3.01.